The van der Waals surface area contributed by atoms with Gasteiger partial charge in [0.25, 0.3) is 0 Å². The Labute approximate surface area is 138 Å². The molecular formula is C20H27N2O+. The SMILES string of the molecule is C/C=C1\C[N+]2(C)CC[C@@]34c5ccccc5N[C@H]3[C@@H](CO)[C@H]1C[C@H]42. The van der Waals surface area contributed by atoms with Gasteiger partial charge in [0, 0.05) is 37.1 Å². The van der Waals surface area contributed by atoms with E-state index < -0.39 is 0 Å². The summed E-state index contributed by atoms with van der Waals surface area (Å²) in [5.41, 5.74) is 4.65. The standard InChI is InChI=1S/C20H27N2O/c1-3-13-11-22(2)9-8-20-16-6-4-5-7-17(16)21-19(20)15(12-23)14(13)10-18(20)22/h3-7,14-15,18-19,21,23H,8-12H2,1-2H3/q+1/b13-3+/t14-,15-,18+,19-,20-,22?/m0/s1. The maximum absolute atomic E-state index is 10.3. The number of para-hydroxylation sites is 1. The van der Waals surface area contributed by atoms with Crippen molar-refractivity contribution in [3.63, 3.8) is 0 Å². The number of piperidine rings is 1. The Morgan fingerprint density at radius 2 is 2.22 bits per heavy atom. The van der Waals surface area contributed by atoms with Crippen LogP contribution in [-0.2, 0) is 5.41 Å². The van der Waals surface area contributed by atoms with Gasteiger partial charge in [-0.25, -0.2) is 0 Å². The third-order valence-corrected chi connectivity index (χ3v) is 7.70. The number of aliphatic hydroxyl groups is 1. The number of quaternary nitrogens is 1. The van der Waals surface area contributed by atoms with Crippen LogP contribution in [-0.4, -0.2) is 48.4 Å². The molecule has 1 saturated carbocycles. The summed E-state index contributed by atoms with van der Waals surface area (Å²) in [6.07, 6.45) is 4.83. The quantitative estimate of drug-likeness (QED) is 0.617. The number of likely N-dealkylation sites (N-methyl/N-ethyl adjacent to an activating group) is 1. The molecule has 6 atom stereocenters. The van der Waals surface area contributed by atoms with Crippen LogP contribution in [0.1, 0.15) is 25.3 Å². The molecule has 1 aliphatic carbocycles. The number of nitrogens with one attached hydrogen (secondary N) is 1. The normalized spacial score (nSPS) is 48.0. The second kappa shape index (κ2) is 4.40. The van der Waals surface area contributed by atoms with Crippen LogP contribution >= 0.6 is 0 Å². The number of rotatable bonds is 1. The third-order valence-electron chi connectivity index (χ3n) is 7.70. The summed E-state index contributed by atoms with van der Waals surface area (Å²) in [4.78, 5) is 0. The molecule has 2 saturated heterocycles. The number of nitrogens with zero attached hydrogens (tertiary/aromatic N) is 1. The van der Waals surface area contributed by atoms with Crippen molar-refractivity contribution < 1.29 is 9.59 Å². The summed E-state index contributed by atoms with van der Waals surface area (Å²) >= 11 is 0. The van der Waals surface area contributed by atoms with E-state index in [0.717, 1.165) is 0 Å². The lowest BCUT2D eigenvalue weighted by Gasteiger charge is -2.56. The molecule has 3 aliphatic heterocycles. The molecule has 3 fully saturated rings. The van der Waals surface area contributed by atoms with E-state index in [1.807, 2.05) is 0 Å². The Bertz CT molecular complexity index is 699. The van der Waals surface area contributed by atoms with Gasteiger partial charge in [-0.15, -0.1) is 0 Å². The highest BCUT2D eigenvalue weighted by molar-refractivity contribution is 5.64. The zero-order chi connectivity index (χ0) is 15.8. The van der Waals surface area contributed by atoms with Crippen LogP contribution in [0.4, 0.5) is 5.69 Å². The van der Waals surface area contributed by atoms with Crippen LogP contribution in [0.25, 0.3) is 0 Å². The maximum atomic E-state index is 10.3. The number of benzene rings is 1. The Balaban J connectivity index is 1.74. The fraction of sp³-hybridized carbons (Fsp3) is 0.600. The molecule has 1 spiro atoms. The molecule has 5 rings (SSSR count). The van der Waals surface area contributed by atoms with Gasteiger partial charge in [-0.05, 0) is 30.0 Å². The van der Waals surface area contributed by atoms with Crippen molar-refractivity contribution >= 4 is 5.69 Å². The minimum absolute atomic E-state index is 0.231. The van der Waals surface area contributed by atoms with Gasteiger partial charge in [0.15, 0.2) is 0 Å². The van der Waals surface area contributed by atoms with Gasteiger partial charge >= 0.3 is 0 Å². The molecule has 23 heavy (non-hydrogen) atoms. The highest BCUT2D eigenvalue weighted by atomic mass is 16.3. The molecule has 3 heteroatoms. The summed E-state index contributed by atoms with van der Waals surface area (Å²) in [5.74, 6) is 0.899. The molecule has 1 aromatic carbocycles. The predicted octanol–water partition coefficient (Wildman–Crippen LogP) is 2.53. The Morgan fingerprint density at radius 3 is 3.00 bits per heavy atom. The van der Waals surface area contributed by atoms with E-state index in [1.165, 1.54) is 41.7 Å². The summed E-state index contributed by atoms with van der Waals surface area (Å²) in [7, 11) is 2.47. The van der Waals surface area contributed by atoms with Gasteiger partial charge in [0.1, 0.15) is 12.6 Å². The minimum Gasteiger partial charge on any atom is -0.396 e. The predicted molar refractivity (Wildman–Crippen MR) is 92.3 cm³/mol. The van der Waals surface area contributed by atoms with Gasteiger partial charge in [0.2, 0.25) is 0 Å². The Hall–Kier alpha value is -1.32. The van der Waals surface area contributed by atoms with Gasteiger partial charge in [-0.2, -0.15) is 0 Å². The maximum Gasteiger partial charge on any atom is 0.102 e. The number of aliphatic hydroxyl groups excluding tert-OH is 1. The summed E-state index contributed by atoms with van der Waals surface area (Å²) in [5, 5.41) is 14.1. The molecule has 3 nitrogen and oxygen atoms in total. The van der Waals surface area contributed by atoms with Gasteiger partial charge < -0.3 is 14.9 Å². The second-order valence-electron chi connectivity index (χ2n) is 8.39. The average Bonchev–Trinajstić information content (AvgIpc) is 3.08. The van der Waals surface area contributed by atoms with Crippen LogP contribution in [0.5, 0.6) is 0 Å². The average molecular weight is 311 g/mol. The first-order valence-corrected chi connectivity index (χ1v) is 9.10. The molecule has 2 bridgehead atoms. The van der Waals surface area contributed by atoms with Crippen molar-refractivity contribution in [2.75, 3.05) is 32.1 Å². The molecule has 0 radical (unpaired) electrons. The number of hydrogen-bond donors (Lipinski definition) is 2. The largest absolute Gasteiger partial charge is 0.396 e. The van der Waals surface area contributed by atoms with Crippen molar-refractivity contribution in [2.24, 2.45) is 11.8 Å². The van der Waals surface area contributed by atoms with Gasteiger partial charge in [-0.1, -0.05) is 24.3 Å². The van der Waals surface area contributed by atoms with Crippen LogP contribution in [0.2, 0.25) is 0 Å². The second-order valence-corrected chi connectivity index (χ2v) is 8.39. The summed E-state index contributed by atoms with van der Waals surface area (Å²) in [6, 6.07) is 10.0. The van der Waals surface area contributed by atoms with E-state index in [-0.39, 0.29) is 5.41 Å². The monoisotopic (exact) mass is 311 g/mol. The summed E-state index contributed by atoms with van der Waals surface area (Å²) in [6.45, 7) is 4.93. The first-order chi connectivity index (χ1) is 11.1. The van der Waals surface area contributed by atoms with E-state index in [2.05, 4.69) is 49.6 Å². The van der Waals surface area contributed by atoms with Gasteiger partial charge in [0.05, 0.1) is 19.0 Å². The lowest BCUT2D eigenvalue weighted by molar-refractivity contribution is -0.925. The third kappa shape index (κ3) is 1.49. The van der Waals surface area contributed by atoms with Crippen LogP contribution in [0.3, 0.4) is 0 Å². The van der Waals surface area contributed by atoms with E-state index >= 15 is 0 Å². The van der Waals surface area contributed by atoms with E-state index in [0.29, 0.717) is 30.5 Å². The van der Waals surface area contributed by atoms with Crippen LogP contribution in [0.15, 0.2) is 35.9 Å². The number of hydrogen-bond acceptors (Lipinski definition) is 2. The van der Waals surface area contributed by atoms with E-state index in [4.69, 9.17) is 0 Å². The molecule has 2 N–H and O–H groups in total. The highest BCUT2D eigenvalue weighted by Crippen LogP contribution is 2.62. The minimum atomic E-state index is 0.231. The number of allylic oxidation sites excluding steroid dienone is 1. The lowest BCUT2D eigenvalue weighted by Crippen LogP contribution is -2.67. The zero-order valence-electron chi connectivity index (χ0n) is 14.1. The molecule has 122 valence electrons. The molecule has 4 aliphatic rings. The fourth-order valence-electron chi connectivity index (χ4n) is 6.76. The molecule has 0 amide bonds. The van der Waals surface area contributed by atoms with Gasteiger partial charge in [-0.3, -0.25) is 0 Å². The molecule has 1 unspecified atom stereocenters. The van der Waals surface area contributed by atoms with E-state index in [9.17, 15) is 5.11 Å². The van der Waals surface area contributed by atoms with Crippen molar-refractivity contribution in [3.8, 4) is 0 Å². The van der Waals surface area contributed by atoms with Crippen LogP contribution < -0.4 is 5.32 Å². The molecule has 1 aromatic rings. The number of anilines is 1. The molecular weight excluding hydrogens is 284 g/mol. The molecule has 3 heterocycles. The smallest absolute Gasteiger partial charge is 0.102 e. The van der Waals surface area contributed by atoms with E-state index in [1.54, 1.807) is 5.57 Å². The van der Waals surface area contributed by atoms with Crippen LogP contribution in [0, 0.1) is 11.8 Å². The summed E-state index contributed by atoms with van der Waals surface area (Å²) < 4.78 is 1.20. The zero-order valence-corrected chi connectivity index (χ0v) is 14.1. The van der Waals surface area contributed by atoms with Crippen molar-refractivity contribution in [1.29, 1.82) is 0 Å². The molecule has 0 aromatic heterocycles. The van der Waals surface area contributed by atoms with Crippen molar-refractivity contribution in [2.45, 2.75) is 37.3 Å². The van der Waals surface area contributed by atoms with Crippen molar-refractivity contribution in [1.82, 2.24) is 0 Å². The first kappa shape index (κ1) is 14.1. The topological polar surface area (TPSA) is 32.3 Å². The number of fused-ring (bicyclic) bond motifs is 2. The lowest BCUT2D eigenvalue weighted by atomic mass is 9.55. The Kier molecular flexibility index (Phi) is 2.69. The first-order valence-electron chi connectivity index (χ1n) is 9.10. The van der Waals surface area contributed by atoms with Crippen molar-refractivity contribution in [3.05, 3.63) is 41.5 Å². The fourth-order valence-corrected chi connectivity index (χ4v) is 6.76. The highest BCUT2D eigenvalue weighted by Gasteiger charge is 2.70. The Morgan fingerprint density at radius 1 is 1.39 bits per heavy atom.